The smallest absolute Gasteiger partial charge is 0.314 e. The van der Waals surface area contributed by atoms with Crippen molar-refractivity contribution in [2.75, 3.05) is 31.2 Å². The summed E-state index contributed by atoms with van der Waals surface area (Å²) in [6.45, 7) is 0.453. The van der Waals surface area contributed by atoms with Gasteiger partial charge in [-0.3, -0.25) is 0 Å². The van der Waals surface area contributed by atoms with E-state index in [0.29, 0.717) is 18.7 Å². The van der Waals surface area contributed by atoms with Crippen LogP contribution < -0.4 is 15.4 Å². The molecule has 0 aliphatic carbocycles. The Labute approximate surface area is 136 Å². The molecule has 1 aromatic carbocycles. The van der Waals surface area contributed by atoms with Gasteiger partial charge in [0, 0.05) is 13.1 Å². The number of para-hydroxylation sites is 1. The molecular formula is C15H22N2O5S. The van der Waals surface area contributed by atoms with E-state index >= 15 is 0 Å². The summed E-state index contributed by atoms with van der Waals surface area (Å²) in [5, 5.41) is 14.9. The van der Waals surface area contributed by atoms with Gasteiger partial charge in [0.1, 0.15) is 18.5 Å². The standard InChI is InChI=1S/C15H22N2O5S/c18-13(10-22-14-4-2-1-3-5-14)9-17-15(19)16-8-12-6-7-23(20,21)11-12/h1-5,12-13,18H,6-11H2,(H2,16,17,19)/t12-,13-/m0/s1. The molecule has 0 radical (unpaired) electrons. The predicted octanol–water partition coefficient (Wildman–Crippen LogP) is 0.160. The molecule has 0 bridgehead atoms. The Hall–Kier alpha value is -1.80. The highest BCUT2D eigenvalue weighted by Crippen LogP contribution is 2.17. The second-order valence-electron chi connectivity index (χ2n) is 5.64. The lowest BCUT2D eigenvalue weighted by atomic mass is 10.1. The van der Waals surface area contributed by atoms with Gasteiger partial charge >= 0.3 is 6.03 Å². The van der Waals surface area contributed by atoms with Gasteiger partial charge in [-0.05, 0) is 24.5 Å². The number of benzene rings is 1. The van der Waals surface area contributed by atoms with Crippen LogP contribution in [0.5, 0.6) is 5.75 Å². The molecular weight excluding hydrogens is 320 g/mol. The maximum absolute atomic E-state index is 11.6. The molecule has 1 aromatic rings. The van der Waals surface area contributed by atoms with Crippen molar-refractivity contribution in [2.24, 2.45) is 5.92 Å². The van der Waals surface area contributed by atoms with Crippen LogP contribution in [0.1, 0.15) is 6.42 Å². The minimum Gasteiger partial charge on any atom is -0.491 e. The molecule has 0 unspecified atom stereocenters. The largest absolute Gasteiger partial charge is 0.491 e. The molecule has 1 aliphatic rings. The first-order valence-electron chi connectivity index (χ1n) is 7.52. The first-order valence-corrected chi connectivity index (χ1v) is 9.35. The van der Waals surface area contributed by atoms with Gasteiger partial charge in [0.2, 0.25) is 0 Å². The van der Waals surface area contributed by atoms with Gasteiger partial charge in [-0.1, -0.05) is 18.2 Å². The van der Waals surface area contributed by atoms with Crippen LogP contribution in [-0.2, 0) is 9.84 Å². The number of aliphatic hydroxyl groups is 1. The molecule has 23 heavy (non-hydrogen) atoms. The van der Waals surface area contributed by atoms with Crippen molar-refractivity contribution >= 4 is 15.9 Å². The van der Waals surface area contributed by atoms with E-state index in [1.165, 1.54) is 0 Å². The van der Waals surface area contributed by atoms with E-state index in [0.717, 1.165) is 0 Å². The lowest BCUT2D eigenvalue weighted by molar-refractivity contribution is 0.108. The van der Waals surface area contributed by atoms with Crippen molar-refractivity contribution in [1.82, 2.24) is 10.6 Å². The van der Waals surface area contributed by atoms with Crippen molar-refractivity contribution in [3.63, 3.8) is 0 Å². The van der Waals surface area contributed by atoms with E-state index in [1.54, 1.807) is 12.1 Å². The summed E-state index contributed by atoms with van der Waals surface area (Å²) in [5.74, 6) is 0.938. The van der Waals surface area contributed by atoms with Crippen LogP contribution in [0.25, 0.3) is 0 Å². The minimum absolute atomic E-state index is 0.0305. The molecule has 1 heterocycles. The van der Waals surface area contributed by atoms with Crippen molar-refractivity contribution < 1.29 is 23.1 Å². The molecule has 0 aromatic heterocycles. The quantitative estimate of drug-likeness (QED) is 0.655. The van der Waals surface area contributed by atoms with Crippen LogP contribution in [-0.4, -0.2) is 56.9 Å². The molecule has 2 atom stereocenters. The number of hydrogen-bond donors (Lipinski definition) is 3. The fourth-order valence-electron chi connectivity index (χ4n) is 2.31. The summed E-state index contributed by atoms with van der Waals surface area (Å²) in [6.07, 6.45) is -0.247. The van der Waals surface area contributed by atoms with Crippen molar-refractivity contribution in [1.29, 1.82) is 0 Å². The topological polar surface area (TPSA) is 105 Å². The Morgan fingerprint density at radius 2 is 2.04 bits per heavy atom. The molecule has 0 spiro atoms. The highest BCUT2D eigenvalue weighted by atomic mass is 32.2. The van der Waals surface area contributed by atoms with Gasteiger partial charge in [0.15, 0.2) is 9.84 Å². The lowest BCUT2D eigenvalue weighted by Gasteiger charge is -2.14. The first kappa shape index (κ1) is 17.6. The minimum atomic E-state index is -2.93. The number of nitrogens with one attached hydrogen (secondary N) is 2. The van der Waals surface area contributed by atoms with E-state index in [4.69, 9.17) is 4.74 Å². The molecule has 2 amide bonds. The zero-order valence-electron chi connectivity index (χ0n) is 12.8. The third kappa shape index (κ3) is 6.45. The molecule has 2 rings (SSSR count). The third-order valence-corrected chi connectivity index (χ3v) is 5.40. The Morgan fingerprint density at radius 1 is 1.30 bits per heavy atom. The predicted molar refractivity (Wildman–Crippen MR) is 86.1 cm³/mol. The summed E-state index contributed by atoms with van der Waals surface area (Å²) in [5.41, 5.74) is 0. The average Bonchev–Trinajstić information content (AvgIpc) is 2.89. The summed E-state index contributed by atoms with van der Waals surface area (Å²) in [6, 6.07) is 8.66. The van der Waals surface area contributed by atoms with Gasteiger partial charge in [0.25, 0.3) is 0 Å². The lowest BCUT2D eigenvalue weighted by Crippen LogP contribution is -2.42. The highest BCUT2D eigenvalue weighted by Gasteiger charge is 2.27. The Bertz CT molecular complexity index is 606. The number of carbonyl (C=O) groups is 1. The van der Waals surface area contributed by atoms with Gasteiger partial charge in [-0.15, -0.1) is 0 Å². The molecule has 1 aliphatic heterocycles. The van der Waals surface area contributed by atoms with Crippen LogP contribution in [0.15, 0.2) is 30.3 Å². The zero-order chi connectivity index (χ0) is 16.7. The monoisotopic (exact) mass is 342 g/mol. The van der Waals surface area contributed by atoms with Crippen molar-refractivity contribution in [2.45, 2.75) is 12.5 Å². The number of hydrogen-bond acceptors (Lipinski definition) is 5. The SMILES string of the molecule is O=C(NC[C@H](O)COc1ccccc1)NC[C@@H]1CCS(=O)(=O)C1. The van der Waals surface area contributed by atoms with E-state index in [1.807, 2.05) is 18.2 Å². The van der Waals surface area contributed by atoms with Crippen LogP contribution >= 0.6 is 0 Å². The molecule has 128 valence electrons. The maximum Gasteiger partial charge on any atom is 0.314 e. The number of amides is 2. The summed E-state index contributed by atoms with van der Waals surface area (Å²) in [4.78, 5) is 11.6. The molecule has 7 nitrogen and oxygen atoms in total. The average molecular weight is 342 g/mol. The number of sulfone groups is 1. The molecule has 1 fully saturated rings. The van der Waals surface area contributed by atoms with Crippen molar-refractivity contribution in [3.05, 3.63) is 30.3 Å². The second kappa shape index (κ2) is 8.16. The van der Waals surface area contributed by atoms with E-state index in [9.17, 15) is 18.3 Å². The molecule has 8 heteroatoms. The highest BCUT2D eigenvalue weighted by molar-refractivity contribution is 7.91. The van der Waals surface area contributed by atoms with Crippen LogP contribution in [0, 0.1) is 5.92 Å². The molecule has 3 N–H and O–H groups in total. The van der Waals surface area contributed by atoms with Gasteiger partial charge in [0.05, 0.1) is 11.5 Å². The van der Waals surface area contributed by atoms with Crippen LogP contribution in [0.2, 0.25) is 0 Å². The van der Waals surface area contributed by atoms with E-state index in [2.05, 4.69) is 10.6 Å². The third-order valence-electron chi connectivity index (χ3n) is 3.56. The number of rotatable bonds is 7. The summed E-state index contributed by atoms with van der Waals surface area (Å²) >= 11 is 0. The summed E-state index contributed by atoms with van der Waals surface area (Å²) in [7, 11) is -2.93. The van der Waals surface area contributed by atoms with Gasteiger partial charge in [-0.2, -0.15) is 0 Å². The fraction of sp³-hybridized carbons (Fsp3) is 0.533. The van der Waals surface area contributed by atoms with Crippen LogP contribution in [0.3, 0.4) is 0 Å². The molecule has 0 saturated carbocycles. The summed E-state index contributed by atoms with van der Waals surface area (Å²) < 4.78 is 28.0. The van der Waals surface area contributed by atoms with E-state index in [-0.39, 0.29) is 30.6 Å². The zero-order valence-corrected chi connectivity index (χ0v) is 13.6. The van der Waals surface area contributed by atoms with Gasteiger partial charge < -0.3 is 20.5 Å². The number of urea groups is 1. The van der Waals surface area contributed by atoms with E-state index < -0.39 is 22.0 Å². The van der Waals surface area contributed by atoms with Crippen LogP contribution in [0.4, 0.5) is 4.79 Å². The second-order valence-corrected chi connectivity index (χ2v) is 7.87. The Morgan fingerprint density at radius 3 is 2.70 bits per heavy atom. The maximum atomic E-state index is 11.6. The Kier molecular flexibility index (Phi) is 6.23. The number of ether oxygens (including phenoxy) is 1. The Balaban J connectivity index is 1.58. The number of carbonyl (C=O) groups excluding carboxylic acids is 1. The normalized spacial score (nSPS) is 20.7. The van der Waals surface area contributed by atoms with Gasteiger partial charge in [-0.25, -0.2) is 13.2 Å². The fourth-order valence-corrected chi connectivity index (χ4v) is 4.17. The number of aliphatic hydroxyl groups excluding tert-OH is 1. The molecule has 1 saturated heterocycles. The van der Waals surface area contributed by atoms with Crippen molar-refractivity contribution in [3.8, 4) is 5.75 Å². The first-order chi connectivity index (χ1) is 10.9.